The highest BCUT2D eigenvalue weighted by molar-refractivity contribution is 9.10. The number of esters is 1. The first kappa shape index (κ1) is 14.2. The highest BCUT2D eigenvalue weighted by Gasteiger charge is 2.09. The van der Waals surface area contributed by atoms with E-state index in [1.54, 1.807) is 18.3 Å². The predicted octanol–water partition coefficient (Wildman–Crippen LogP) is 3.60. The molecule has 0 atom stereocenters. The summed E-state index contributed by atoms with van der Waals surface area (Å²) in [6.07, 6.45) is 1.02. The highest BCUT2D eigenvalue weighted by atomic mass is 79.9. The lowest BCUT2D eigenvalue weighted by molar-refractivity contribution is -0.142. The Morgan fingerprint density at radius 2 is 2.21 bits per heavy atom. The van der Waals surface area contributed by atoms with Crippen LogP contribution in [-0.2, 0) is 22.4 Å². The van der Waals surface area contributed by atoms with Gasteiger partial charge in [0.2, 0.25) is 0 Å². The van der Waals surface area contributed by atoms with Crippen molar-refractivity contribution in [3.63, 3.8) is 0 Å². The number of benzene rings is 1. The Kier molecular flexibility index (Phi) is 5.10. The van der Waals surface area contributed by atoms with Gasteiger partial charge in [0.25, 0.3) is 0 Å². The van der Waals surface area contributed by atoms with Gasteiger partial charge in [0.15, 0.2) is 0 Å². The Balaban J connectivity index is 2.02. The summed E-state index contributed by atoms with van der Waals surface area (Å²) in [5, 5.41) is 2.93. The number of carbonyl (C=O) groups is 1. The Morgan fingerprint density at radius 3 is 2.95 bits per heavy atom. The molecule has 0 aliphatic rings. The lowest BCUT2D eigenvalue weighted by Gasteiger charge is -2.01. The highest BCUT2D eigenvalue weighted by Crippen LogP contribution is 2.21. The fraction of sp³-hybridized carbons (Fsp3) is 0.286. The zero-order chi connectivity index (χ0) is 13.7. The van der Waals surface area contributed by atoms with Gasteiger partial charge >= 0.3 is 5.97 Å². The molecule has 0 unspecified atom stereocenters. The summed E-state index contributed by atoms with van der Waals surface area (Å²) >= 11 is 5.10. The van der Waals surface area contributed by atoms with Crippen molar-refractivity contribution < 1.29 is 9.53 Å². The molecule has 3 nitrogen and oxygen atoms in total. The van der Waals surface area contributed by atoms with Gasteiger partial charge < -0.3 is 4.74 Å². The molecule has 1 heterocycles. The van der Waals surface area contributed by atoms with Gasteiger partial charge in [-0.2, -0.15) is 0 Å². The van der Waals surface area contributed by atoms with Crippen molar-refractivity contribution in [2.75, 3.05) is 6.61 Å². The second-order valence-corrected chi connectivity index (χ2v) is 5.78. The molecular weight excluding hydrogens is 326 g/mol. The van der Waals surface area contributed by atoms with E-state index in [1.165, 1.54) is 5.56 Å². The smallest absolute Gasteiger partial charge is 0.311 e. The molecule has 0 N–H and O–H groups in total. The minimum Gasteiger partial charge on any atom is -0.466 e. The van der Waals surface area contributed by atoms with Crippen molar-refractivity contribution >= 4 is 33.2 Å². The first-order chi connectivity index (χ1) is 9.19. The molecule has 0 spiro atoms. The van der Waals surface area contributed by atoms with Gasteiger partial charge in [-0.25, -0.2) is 4.98 Å². The SMILES string of the molecule is CCOC(=O)Cc1csc(Cc2ccccc2Br)n1. The summed E-state index contributed by atoms with van der Waals surface area (Å²) in [5.74, 6) is -0.222. The van der Waals surface area contributed by atoms with Crippen LogP contribution in [0.15, 0.2) is 34.1 Å². The third-order valence-corrected chi connectivity index (χ3v) is 4.20. The number of carbonyl (C=O) groups excluding carboxylic acids is 1. The monoisotopic (exact) mass is 339 g/mol. The van der Waals surface area contributed by atoms with Crippen molar-refractivity contribution in [1.82, 2.24) is 4.98 Å². The summed E-state index contributed by atoms with van der Waals surface area (Å²) < 4.78 is 5.99. The third kappa shape index (κ3) is 4.14. The quantitative estimate of drug-likeness (QED) is 0.781. The van der Waals surface area contributed by atoms with E-state index < -0.39 is 0 Å². The van der Waals surface area contributed by atoms with E-state index in [0.717, 1.165) is 21.6 Å². The van der Waals surface area contributed by atoms with E-state index in [4.69, 9.17) is 4.74 Å². The summed E-state index contributed by atoms with van der Waals surface area (Å²) in [7, 11) is 0. The molecule has 0 aliphatic carbocycles. The van der Waals surface area contributed by atoms with Gasteiger partial charge in [-0.3, -0.25) is 4.79 Å². The molecule has 0 radical (unpaired) electrons. The van der Waals surface area contributed by atoms with E-state index in [1.807, 2.05) is 23.6 Å². The molecule has 100 valence electrons. The number of hydrogen-bond acceptors (Lipinski definition) is 4. The Hall–Kier alpha value is -1.20. The molecule has 1 aromatic heterocycles. The third-order valence-electron chi connectivity index (χ3n) is 2.53. The Labute approximate surface area is 124 Å². The molecule has 0 bridgehead atoms. The normalized spacial score (nSPS) is 10.4. The summed E-state index contributed by atoms with van der Waals surface area (Å²) in [6, 6.07) is 8.08. The van der Waals surface area contributed by atoms with E-state index in [2.05, 4.69) is 27.0 Å². The molecule has 0 aliphatic heterocycles. The van der Waals surface area contributed by atoms with Gasteiger partial charge in [-0.1, -0.05) is 34.1 Å². The van der Waals surface area contributed by atoms with Crippen molar-refractivity contribution in [1.29, 1.82) is 0 Å². The van der Waals surface area contributed by atoms with E-state index in [9.17, 15) is 4.79 Å². The van der Waals surface area contributed by atoms with Crippen LogP contribution < -0.4 is 0 Å². The average molecular weight is 340 g/mol. The maximum atomic E-state index is 11.4. The summed E-state index contributed by atoms with van der Waals surface area (Å²) in [4.78, 5) is 15.8. The summed E-state index contributed by atoms with van der Waals surface area (Å²) in [5.41, 5.74) is 1.98. The standard InChI is InChI=1S/C14H14BrNO2S/c1-2-18-14(17)8-11-9-19-13(16-11)7-10-5-3-4-6-12(10)15/h3-6,9H,2,7-8H2,1H3. The fourth-order valence-corrected chi connectivity index (χ4v) is 2.92. The van der Waals surface area contributed by atoms with Crippen LogP contribution in [0, 0.1) is 0 Å². The molecule has 5 heteroatoms. The van der Waals surface area contributed by atoms with Crippen LogP contribution in [0.5, 0.6) is 0 Å². The van der Waals surface area contributed by atoms with Gasteiger partial charge in [-0.05, 0) is 18.6 Å². The number of ether oxygens (including phenoxy) is 1. The van der Waals surface area contributed by atoms with Crippen LogP contribution in [0.4, 0.5) is 0 Å². The van der Waals surface area contributed by atoms with Crippen LogP contribution >= 0.6 is 27.3 Å². The van der Waals surface area contributed by atoms with Crippen LogP contribution in [0.25, 0.3) is 0 Å². The zero-order valence-electron chi connectivity index (χ0n) is 10.6. The zero-order valence-corrected chi connectivity index (χ0v) is 13.0. The molecule has 0 saturated heterocycles. The van der Waals surface area contributed by atoms with E-state index in [0.29, 0.717) is 6.61 Å². The largest absolute Gasteiger partial charge is 0.466 e. The second kappa shape index (κ2) is 6.82. The Bertz CT molecular complexity index is 568. The van der Waals surface area contributed by atoms with Crippen molar-refractivity contribution in [3.8, 4) is 0 Å². The van der Waals surface area contributed by atoms with Crippen LogP contribution in [-0.4, -0.2) is 17.6 Å². The van der Waals surface area contributed by atoms with Gasteiger partial charge in [0.05, 0.1) is 23.7 Å². The number of rotatable bonds is 5. The van der Waals surface area contributed by atoms with Crippen molar-refractivity contribution in [2.24, 2.45) is 0 Å². The molecule has 0 amide bonds. The average Bonchev–Trinajstić information content (AvgIpc) is 2.80. The van der Waals surface area contributed by atoms with Crippen molar-refractivity contribution in [2.45, 2.75) is 19.8 Å². The van der Waals surface area contributed by atoms with E-state index in [-0.39, 0.29) is 12.4 Å². The number of aromatic nitrogens is 1. The number of hydrogen-bond donors (Lipinski definition) is 0. The van der Waals surface area contributed by atoms with Gasteiger partial charge in [-0.15, -0.1) is 11.3 Å². The van der Waals surface area contributed by atoms with Crippen LogP contribution in [0.3, 0.4) is 0 Å². The second-order valence-electron chi connectivity index (χ2n) is 3.98. The predicted molar refractivity (Wildman–Crippen MR) is 79.4 cm³/mol. The molecule has 1 aromatic carbocycles. The molecule has 0 fully saturated rings. The first-order valence-electron chi connectivity index (χ1n) is 6.01. The van der Waals surface area contributed by atoms with Crippen LogP contribution in [0.1, 0.15) is 23.2 Å². The van der Waals surface area contributed by atoms with Crippen LogP contribution in [0.2, 0.25) is 0 Å². The molecule has 2 aromatic rings. The number of thiazole rings is 1. The number of nitrogens with zero attached hydrogens (tertiary/aromatic N) is 1. The van der Waals surface area contributed by atoms with E-state index >= 15 is 0 Å². The number of halogens is 1. The summed E-state index contributed by atoms with van der Waals surface area (Å²) in [6.45, 7) is 2.21. The molecule has 2 rings (SSSR count). The maximum absolute atomic E-state index is 11.4. The molecule has 0 saturated carbocycles. The lowest BCUT2D eigenvalue weighted by atomic mass is 10.2. The maximum Gasteiger partial charge on any atom is 0.311 e. The molecule has 19 heavy (non-hydrogen) atoms. The Morgan fingerprint density at radius 1 is 1.42 bits per heavy atom. The van der Waals surface area contributed by atoms with Gasteiger partial charge in [0.1, 0.15) is 0 Å². The molecular formula is C14H14BrNO2S. The van der Waals surface area contributed by atoms with Crippen molar-refractivity contribution in [3.05, 3.63) is 50.4 Å². The van der Waals surface area contributed by atoms with Gasteiger partial charge in [0, 0.05) is 16.3 Å². The lowest BCUT2D eigenvalue weighted by Crippen LogP contribution is -2.07. The minimum atomic E-state index is -0.222. The first-order valence-corrected chi connectivity index (χ1v) is 7.68. The fourth-order valence-electron chi connectivity index (χ4n) is 1.68. The topological polar surface area (TPSA) is 39.2 Å². The minimum absolute atomic E-state index is 0.222.